The molecule has 0 bridgehead atoms. The highest BCUT2D eigenvalue weighted by molar-refractivity contribution is 7.89. The van der Waals surface area contributed by atoms with Gasteiger partial charge < -0.3 is 10.1 Å². The Hall–Kier alpha value is -1.93. The van der Waals surface area contributed by atoms with E-state index in [0.717, 1.165) is 0 Å². The minimum Gasteiger partial charge on any atom is -0.385 e. The molecule has 6 nitrogen and oxygen atoms in total. The monoisotopic (exact) mass is 382 g/mol. The highest BCUT2D eigenvalue weighted by atomic mass is 35.5. The molecule has 2 aromatic carbocycles. The minimum absolute atomic E-state index is 0.0358. The molecule has 0 saturated heterocycles. The number of carbonyl (C=O) groups is 1. The summed E-state index contributed by atoms with van der Waals surface area (Å²) in [6, 6.07) is 12.5. The summed E-state index contributed by atoms with van der Waals surface area (Å²) in [4.78, 5) is 12.3. The molecule has 0 saturated carbocycles. The van der Waals surface area contributed by atoms with Crippen molar-refractivity contribution in [3.63, 3.8) is 0 Å². The van der Waals surface area contributed by atoms with Crippen molar-refractivity contribution in [3.8, 4) is 0 Å². The van der Waals surface area contributed by atoms with Crippen LogP contribution >= 0.6 is 11.6 Å². The van der Waals surface area contributed by atoms with Crippen LogP contribution in [0.4, 0.5) is 5.69 Å². The van der Waals surface area contributed by atoms with Crippen molar-refractivity contribution in [2.24, 2.45) is 0 Å². The Labute approximate surface area is 152 Å². The van der Waals surface area contributed by atoms with Crippen molar-refractivity contribution in [1.82, 2.24) is 4.72 Å². The van der Waals surface area contributed by atoms with Gasteiger partial charge in [-0.25, -0.2) is 13.1 Å². The first-order valence-electron chi connectivity index (χ1n) is 7.58. The van der Waals surface area contributed by atoms with Crippen LogP contribution in [0.15, 0.2) is 53.4 Å². The topological polar surface area (TPSA) is 84.5 Å². The molecule has 0 atom stereocenters. The predicted molar refractivity (Wildman–Crippen MR) is 97.5 cm³/mol. The second kappa shape index (κ2) is 8.96. The largest absolute Gasteiger partial charge is 0.385 e. The Morgan fingerprint density at radius 1 is 1.16 bits per heavy atom. The number of hydrogen-bond acceptors (Lipinski definition) is 4. The SMILES string of the molecule is COCCCNS(=O)(=O)c1cccc(C(=O)Nc2ccc(Cl)cc2)c1. The summed E-state index contributed by atoms with van der Waals surface area (Å²) in [5.74, 6) is -0.404. The normalized spacial score (nSPS) is 11.3. The first kappa shape index (κ1) is 19.4. The lowest BCUT2D eigenvalue weighted by Crippen LogP contribution is -2.26. The molecule has 2 N–H and O–H groups in total. The van der Waals surface area contributed by atoms with Crippen molar-refractivity contribution in [2.45, 2.75) is 11.3 Å². The molecule has 134 valence electrons. The lowest BCUT2D eigenvalue weighted by atomic mass is 10.2. The standard InChI is InChI=1S/C17H19ClN2O4S/c1-24-11-3-10-19-25(22,23)16-5-2-4-13(12-16)17(21)20-15-8-6-14(18)7-9-15/h2,4-9,12,19H,3,10-11H2,1H3,(H,20,21). The molecule has 1 amide bonds. The van der Waals surface area contributed by atoms with Crippen LogP contribution in [0.1, 0.15) is 16.8 Å². The molecular formula is C17H19ClN2O4S. The molecule has 2 rings (SSSR count). The number of carbonyl (C=O) groups excluding carboxylic acids is 1. The predicted octanol–water partition coefficient (Wildman–Crippen LogP) is 2.91. The zero-order chi connectivity index (χ0) is 18.3. The Morgan fingerprint density at radius 3 is 2.56 bits per heavy atom. The minimum atomic E-state index is -3.68. The van der Waals surface area contributed by atoms with Gasteiger partial charge in [0.1, 0.15) is 0 Å². The summed E-state index contributed by atoms with van der Waals surface area (Å²) in [6.07, 6.45) is 0.562. The van der Waals surface area contributed by atoms with Gasteiger partial charge in [0.15, 0.2) is 0 Å². The summed E-state index contributed by atoms with van der Waals surface area (Å²) in [6.45, 7) is 0.726. The molecule has 2 aromatic rings. The van der Waals surface area contributed by atoms with E-state index in [9.17, 15) is 13.2 Å². The second-order valence-corrected chi connectivity index (χ2v) is 7.44. The van der Waals surface area contributed by atoms with Crippen LogP contribution in [0.25, 0.3) is 0 Å². The number of rotatable bonds is 8. The van der Waals surface area contributed by atoms with Gasteiger partial charge in [-0.05, 0) is 48.9 Å². The van der Waals surface area contributed by atoms with E-state index in [4.69, 9.17) is 16.3 Å². The first-order chi connectivity index (χ1) is 11.9. The van der Waals surface area contributed by atoms with Crippen molar-refractivity contribution >= 4 is 33.2 Å². The average molecular weight is 383 g/mol. The maximum absolute atomic E-state index is 12.3. The number of methoxy groups -OCH3 is 1. The van der Waals surface area contributed by atoms with Gasteiger partial charge in [0, 0.05) is 36.5 Å². The van der Waals surface area contributed by atoms with Crippen molar-refractivity contribution in [1.29, 1.82) is 0 Å². The number of nitrogens with one attached hydrogen (secondary N) is 2. The van der Waals surface area contributed by atoms with Gasteiger partial charge in [0.05, 0.1) is 4.90 Å². The molecule has 0 aliphatic carbocycles. The summed E-state index contributed by atoms with van der Waals surface area (Å²) >= 11 is 5.80. The number of hydrogen-bond donors (Lipinski definition) is 2. The molecule has 0 aromatic heterocycles. The van der Waals surface area contributed by atoms with Crippen LogP contribution in [0.5, 0.6) is 0 Å². The van der Waals surface area contributed by atoms with Crippen LogP contribution in [0.2, 0.25) is 5.02 Å². The van der Waals surface area contributed by atoms with E-state index in [2.05, 4.69) is 10.0 Å². The van der Waals surface area contributed by atoms with E-state index in [1.807, 2.05) is 0 Å². The van der Waals surface area contributed by atoms with Crippen LogP contribution in [0, 0.1) is 0 Å². The number of anilines is 1. The van der Waals surface area contributed by atoms with Crippen molar-refractivity contribution in [2.75, 3.05) is 25.6 Å². The molecule has 0 radical (unpaired) electrons. The molecule has 25 heavy (non-hydrogen) atoms. The van der Waals surface area contributed by atoms with E-state index in [1.54, 1.807) is 37.4 Å². The van der Waals surface area contributed by atoms with Gasteiger partial charge in [-0.2, -0.15) is 0 Å². The first-order valence-corrected chi connectivity index (χ1v) is 9.44. The Kier molecular flexibility index (Phi) is 6.95. The molecule has 0 spiro atoms. The molecule has 8 heteroatoms. The number of halogens is 1. The fourth-order valence-electron chi connectivity index (χ4n) is 2.05. The van der Waals surface area contributed by atoms with Gasteiger partial charge >= 0.3 is 0 Å². The summed E-state index contributed by atoms with van der Waals surface area (Å²) in [5.41, 5.74) is 0.815. The van der Waals surface area contributed by atoms with E-state index >= 15 is 0 Å². The number of amides is 1. The smallest absolute Gasteiger partial charge is 0.255 e. The highest BCUT2D eigenvalue weighted by Gasteiger charge is 2.16. The number of sulfonamides is 1. The van der Waals surface area contributed by atoms with E-state index in [1.165, 1.54) is 18.2 Å². The molecule has 0 aliphatic rings. The lowest BCUT2D eigenvalue weighted by molar-refractivity contribution is 0.102. The zero-order valence-corrected chi connectivity index (χ0v) is 15.2. The molecule has 0 fully saturated rings. The maximum atomic E-state index is 12.3. The fraction of sp³-hybridized carbons (Fsp3) is 0.235. The molecule has 0 unspecified atom stereocenters. The number of benzene rings is 2. The molecule has 0 heterocycles. The molecular weight excluding hydrogens is 364 g/mol. The van der Waals surface area contributed by atoms with Gasteiger partial charge in [-0.1, -0.05) is 17.7 Å². The maximum Gasteiger partial charge on any atom is 0.255 e. The second-order valence-electron chi connectivity index (χ2n) is 5.23. The molecule has 0 aliphatic heterocycles. The highest BCUT2D eigenvalue weighted by Crippen LogP contribution is 2.16. The summed E-state index contributed by atoms with van der Waals surface area (Å²) in [7, 11) is -2.13. The summed E-state index contributed by atoms with van der Waals surface area (Å²) < 4.78 is 31.9. The van der Waals surface area contributed by atoms with E-state index in [0.29, 0.717) is 23.7 Å². The Morgan fingerprint density at radius 2 is 1.88 bits per heavy atom. The van der Waals surface area contributed by atoms with Crippen molar-refractivity contribution in [3.05, 3.63) is 59.1 Å². The Bertz CT molecular complexity index is 823. The van der Waals surface area contributed by atoms with Crippen LogP contribution < -0.4 is 10.0 Å². The van der Waals surface area contributed by atoms with Crippen LogP contribution in [0.3, 0.4) is 0 Å². The zero-order valence-electron chi connectivity index (χ0n) is 13.7. The average Bonchev–Trinajstić information content (AvgIpc) is 2.61. The van der Waals surface area contributed by atoms with Crippen LogP contribution in [-0.4, -0.2) is 34.6 Å². The summed E-state index contributed by atoms with van der Waals surface area (Å²) in [5, 5.41) is 3.26. The lowest BCUT2D eigenvalue weighted by Gasteiger charge is -2.09. The third-order valence-corrected chi connectivity index (χ3v) is 5.04. The van der Waals surface area contributed by atoms with E-state index < -0.39 is 15.9 Å². The van der Waals surface area contributed by atoms with Crippen molar-refractivity contribution < 1.29 is 17.9 Å². The third-order valence-electron chi connectivity index (χ3n) is 3.33. The van der Waals surface area contributed by atoms with Gasteiger partial charge in [0.25, 0.3) is 5.91 Å². The number of ether oxygens (including phenoxy) is 1. The fourth-order valence-corrected chi connectivity index (χ4v) is 3.29. The van der Waals surface area contributed by atoms with Gasteiger partial charge in [-0.15, -0.1) is 0 Å². The van der Waals surface area contributed by atoms with Crippen LogP contribution in [-0.2, 0) is 14.8 Å². The van der Waals surface area contributed by atoms with Gasteiger partial charge in [0.2, 0.25) is 10.0 Å². The quantitative estimate of drug-likeness (QED) is 0.687. The van der Waals surface area contributed by atoms with E-state index in [-0.39, 0.29) is 17.0 Å². The van der Waals surface area contributed by atoms with Gasteiger partial charge in [-0.3, -0.25) is 4.79 Å². The third kappa shape index (κ3) is 5.82. The Balaban J connectivity index is 2.09.